The lowest BCUT2D eigenvalue weighted by molar-refractivity contribution is -0.128. The van der Waals surface area contributed by atoms with Gasteiger partial charge in [-0.15, -0.1) is 0 Å². The minimum Gasteiger partial charge on any atom is -0.391 e. The second-order valence-corrected chi connectivity index (χ2v) is 5.34. The van der Waals surface area contributed by atoms with Gasteiger partial charge in [0.2, 0.25) is 5.91 Å². The maximum atomic E-state index is 11.6. The van der Waals surface area contributed by atoms with Crippen molar-refractivity contribution in [3.05, 3.63) is 0 Å². The monoisotopic (exact) mass is 225 g/mol. The zero-order valence-electron chi connectivity index (χ0n) is 9.95. The molecular formula is C13H23NO2. The molecule has 0 heterocycles. The summed E-state index contributed by atoms with van der Waals surface area (Å²) in [5.41, 5.74) is 0. The number of aliphatic hydroxyl groups excluding tert-OH is 1. The van der Waals surface area contributed by atoms with Gasteiger partial charge in [0.15, 0.2) is 0 Å². The maximum absolute atomic E-state index is 11.6. The number of hydrogen-bond acceptors (Lipinski definition) is 2. The van der Waals surface area contributed by atoms with E-state index in [-0.39, 0.29) is 17.9 Å². The Labute approximate surface area is 97.6 Å². The van der Waals surface area contributed by atoms with Crippen molar-refractivity contribution in [3.63, 3.8) is 0 Å². The number of aliphatic hydroxyl groups is 1. The molecule has 2 saturated carbocycles. The molecular weight excluding hydrogens is 202 g/mol. The lowest BCUT2D eigenvalue weighted by Crippen LogP contribution is -2.41. The molecule has 0 saturated heterocycles. The van der Waals surface area contributed by atoms with E-state index in [1.54, 1.807) is 0 Å². The number of nitrogens with one attached hydrogen (secondary N) is 1. The number of hydrogen-bond donors (Lipinski definition) is 2. The van der Waals surface area contributed by atoms with Crippen molar-refractivity contribution in [2.45, 2.75) is 57.5 Å². The second kappa shape index (κ2) is 5.67. The Hall–Kier alpha value is -0.570. The maximum Gasteiger partial charge on any atom is 0.223 e. The fourth-order valence-corrected chi connectivity index (χ4v) is 2.71. The Morgan fingerprint density at radius 2 is 1.81 bits per heavy atom. The highest BCUT2D eigenvalue weighted by atomic mass is 16.3. The van der Waals surface area contributed by atoms with Crippen LogP contribution < -0.4 is 5.32 Å². The molecule has 0 aromatic carbocycles. The lowest BCUT2D eigenvalue weighted by Gasteiger charge is -2.28. The first-order valence-electron chi connectivity index (χ1n) is 6.73. The van der Waals surface area contributed by atoms with Crippen LogP contribution in [0.2, 0.25) is 0 Å². The van der Waals surface area contributed by atoms with E-state index in [1.165, 1.54) is 25.7 Å². The van der Waals surface area contributed by atoms with Crippen LogP contribution in [0, 0.1) is 11.8 Å². The largest absolute Gasteiger partial charge is 0.391 e. The van der Waals surface area contributed by atoms with E-state index in [9.17, 15) is 9.90 Å². The van der Waals surface area contributed by atoms with E-state index in [4.69, 9.17) is 0 Å². The van der Waals surface area contributed by atoms with Gasteiger partial charge < -0.3 is 10.4 Å². The van der Waals surface area contributed by atoms with Gasteiger partial charge in [-0.25, -0.2) is 0 Å². The van der Waals surface area contributed by atoms with Gasteiger partial charge in [0.25, 0.3) is 0 Å². The summed E-state index contributed by atoms with van der Waals surface area (Å²) >= 11 is 0. The molecule has 2 fully saturated rings. The summed E-state index contributed by atoms with van der Waals surface area (Å²) in [7, 11) is 0. The van der Waals surface area contributed by atoms with Gasteiger partial charge in [-0.2, -0.15) is 0 Å². The van der Waals surface area contributed by atoms with Gasteiger partial charge in [0.1, 0.15) is 0 Å². The summed E-state index contributed by atoms with van der Waals surface area (Å²) in [6.45, 7) is 0.458. The molecule has 0 aliphatic heterocycles. The summed E-state index contributed by atoms with van der Waals surface area (Å²) < 4.78 is 0. The molecule has 2 rings (SSSR count). The van der Waals surface area contributed by atoms with Crippen LogP contribution in [-0.2, 0) is 4.79 Å². The van der Waals surface area contributed by atoms with Crippen LogP contribution in [-0.4, -0.2) is 23.7 Å². The number of carbonyl (C=O) groups excluding carboxylic acids is 1. The van der Waals surface area contributed by atoms with Crippen LogP contribution in [0.3, 0.4) is 0 Å². The summed E-state index contributed by atoms with van der Waals surface area (Å²) in [6, 6.07) is 0. The Bertz CT molecular complexity index is 232. The third-order valence-electron chi connectivity index (χ3n) is 4.16. The van der Waals surface area contributed by atoms with Crippen molar-refractivity contribution in [2.24, 2.45) is 11.8 Å². The molecule has 2 aliphatic rings. The predicted octanol–water partition coefficient (Wildman–Crippen LogP) is 1.84. The van der Waals surface area contributed by atoms with Crippen molar-refractivity contribution in [1.29, 1.82) is 0 Å². The van der Waals surface area contributed by atoms with Crippen LogP contribution in [0.15, 0.2) is 0 Å². The molecule has 3 heteroatoms. The van der Waals surface area contributed by atoms with Gasteiger partial charge in [-0.05, 0) is 31.6 Å². The van der Waals surface area contributed by atoms with E-state index >= 15 is 0 Å². The molecule has 0 radical (unpaired) electrons. The third kappa shape index (κ3) is 2.97. The highest BCUT2D eigenvalue weighted by Crippen LogP contribution is 2.27. The fraction of sp³-hybridized carbons (Fsp3) is 0.923. The van der Waals surface area contributed by atoms with E-state index in [0.29, 0.717) is 12.5 Å². The van der Waals surface area contributed by atoms with Gasteiger partial charge in [0, 0.05) is 12.5 Å². The molecule has 92 valence electrons. The summed E-state index contributed by atoms with van der Waals surface area (Å²) in [4.78, 5) is 11.6. The lowest BCUT2D eigenvalue weighted by atomic mass is 9.84. The number of amides is 1. The average molecular weight is 225 g/mol. The minimum absolute atomic E-state index is 0.154. The first kappa shape index (κ1) is 11.9. The average Bonchev–Trinajstić information content (AvgIpc) is 2.25. The molecule has 0 spiro atoms. The highest BCUT2D eigenvalue weighted by molar-refractivity contribution is 5.79. The normalized spacial score (nSPS) is 24.8. The minimum atomic E-state index is -0.329. The van der Waals surface area contributed by atoms with Gasteiger partial charge in [-0.1, -0.05) is 25.7 Å². The van der Waals surface area contributed by atoms with Crippen LogP contribution >= 0.6 is 0 Å². The van der Waals surface area contributed by atoms with Crippen LogP contribution in [0.25, 0.3) is 0 Å². The van der Waals surface area contributed by atoms with E-state index in [1.807, 2.05) is 0 Å². The first-order valence-corrected chi connectivity index (χ1v) is 6.73. The molecule has 1 unspecified atom stereocenters. The molecule has 0 aromatic heterocycles. The number of carbonyl (C=O) groups is 1. The van der Waals surface area contributed by atoms with Crippen molar-refractivity contribution in [3.8, 4) is 0 Å². The first-order chi connectivity index (χ1) is 7.77. The van der Waals surface area contributed by atoms with E-state index < -0.39 is 0 Å². The summed E-state index contributed by atoms with van der Waals surface area (Å²) in [5, 5.41) is 12.9. The molecule has 16 heavy (non-hydrogen) atoms. The zero-order valence-corrected chi connectivity index (χ0v) is 9.95. The molecule has 2 aliphatic carbocycles. The highest BCUT2D eigenvalue weighted by Gasteiger charge is 2.27. The SMILES string of the molecule is O=C(NCC(O)C1CCCCC1)C1CCC1. The van der Waals surface area contributed by atoms with Crippen LogP contribution in [0.1, 0.15) is 51.4 Å². The predicted molar refractivity (Wildman–Crippen MR) is 62.9 cm³/mol. The third-order valence-corrected chi connectivity index (χ3v) is 4.16. The zero-order chi connectivity index (χ0) is 11.4. The van der Waals surface area contributed by atoms with E-state index in [2.05, 4.69) is 5.32 Å². The Morgan fingerprint density at radius 3 is 2.38 bits per heavy atom. The Balaban J connectivity index is 1.65. The van der Waals surface area contributed by atoms with E-state index in [0.717, 1.165) is 25.7 Å². The standard InChI is InChI=1S/C13H23NO2/c15-12(10-5-2-1-3-6-10)9-14-13(16)11-7-4-8-11/h10-12,15H,1-9H2,(H,14,16). The topological polar surface area (TPSA) is 49.3 Å². The van der Waals surface area contributed by atoms with Gasteiger partial charge in [0.05, 0.1) is 6.10 Å². The smallest absolute Gasteiger partial charge is 0.223 e. The van der Waals surface area contributed by atoms with Crippen molar-refractivity contribution in [1.82, 2.24) is 5.32 Å². The van der Waals surface area contributed by atoms with Crippen molar-refractivity contribution >= 4 is 5.91 Å². The second-order valence-electron chi connectivity index (χ2n) is 5.34. The molecule has 1 amide bonds. The fourth-order valence-electron chi connectivity index (χ4n) is 2.71. The summed E-state index contributed by atoms with van der Waals surface area (Å²) in [6.07, 6.45) is 8.94. The quantitative estimate of drug-likeness (QED) is 0.767. The number of rotatable bonds is 4. The molecule has 3 nitrogen and oxygen atoms in total. The molecule has 1 atom stereocenters. The molecule has 0 bridgehead atoms. The Morgan fingerprint density at radius 1 is 1.12 bits per heavy atom. The van der Waals surface area contributed by atoms with Gasteiger partial charge in [-0.3, -0.25) is 4.79 Å². The van der Waals surface area contributed by atoms with Crippen molar-refractivity contribution < 1.29 is 9.90 Å². The van der Waals surface area contributed by atoms with Crippen LogP contribution in [0.4, 0.5) is 0 Å². The Kier molecular flexibility index (Phi) is 4.22. The molecule has 2 N–H and O–H groups in total. The van der Waals surface area contributed by atoms with Crippen molar-refractivity contribution in [2.75, 3.05) is 6.54 Å². The van der Waals surface area contributed by atoms with Gasteiger partial charge >= 0.3 is 0 Å². The summed E-state index contributed by atoms with van der Waals surface area (Å²) in [5.74, 6) is 0.801. The molecule has 0 aromatic rings. The van der Waals surface area contributed by atoms with Crippen LogP contribution in [0.5, 0.6) is 0 Å².